The van der Waals surface area contributed by atoms with Crippen molar-refractivity contribution < 1.29 is 9.72 Å². The van der Waals surface area contributed by atoms with Gasteiger partial charge in [0.1, 0.15) is 5.69 Å². The number of hydrogen-bond donors (Lipinski definition) is 1. The van der Waals surface area contributed by atoms with Gasteiger partial charge in [0.15, 0.2) is 0 Å². The monoisotopic (exact) mass is 412 g/mol. The average Bonchev–Trinajstić information content (AvgIpc) is 3.16. The van der Waals surface area contributed by atoms with E-state index in [0.29, 0.717) is 11.1 Å². The standard InChI is InChI=1S/C19H20N6O3S/c1-12(2)14-8-10-15(11-9-14)24-19(21-22-23-24)29-13(3)18(26)20-16-6-4-5-7-17(16)25(27)28/h4-13H,1-3H3,(H,20,26)/t13-/m1/s1. The van der Waals surface area contributed by atoms with Gasteiger partial charge in [-0.1, -0.05) is 49.9 Å². The van der Waals surface area contributed by atoms with Gasteiger partial charge in [0.25, 0.3) is 5.69 Å². The van der Waals surface area contributed by atoms with Crippen molar-refractivity contribution in [2.75, 3.05) is 5.32 Å². The second-order valence-electron chi connectivity index (χ2n) is 6.64. The van der Waals surface area contributed by atoms with Gasteiger partial charge in [-0.15, -0.1) is 5.10 Å². The second kappa shape index (κ2) is 8.82. The molecule has 3 aromatic rings. The number of nitro benzene ring substituents is 1. The lowest BCUT2D eigenvalue weighted by Crippen LogP contribution is -2.23. The summed E-state index contributed by atoms with van der Waals surface area (Å²) in [5.41, 5.74) is 1.98. The third kappa shape index (κ3) is 4.77. The van der Waals surface area contributed by atoms with Gasteiger partial charge in [0.05, 0.1) is 15.9 Å². The fraction of sp³-hybridized carbons (Fsp3) is 0.263. The van der Waals surface area contributed by atoms with Crippen LogP contribution in [0.3, 0.4) is 0 Å². The van der Waals surface area contributed by atoms with E-state index in [1.54, 1.807) is 23.7 Å². The lowest BCUT2D eigenvalue weighted by Gasteiger charge is -2.12. The van der Waals surface area contributed by atoms with E-state index in [1.807, 2.05) is 24.3 Å². The quantitative estimate of drug-likeness (QED) is 0.356. The molecule has 3 rings (SSSR count). The zero-order chi connectivity index (χ0) is 21.0. The minimum atomic E-state index is -0.575. The van der Waals surface area contributed by atoms with Crippen molar-refractivity contribution in [3.05, 3.63) is 64.2 Å². The fourth-order valence-corrected chi connectivity index (χ4v) is 3.41. The van der Waals surface area contributed by atoms with E-state index in [2.05, 4.69) is 34.7 Å². The van der Waals surface area contributed by atoms with Crippen molar-refractivity contribution in [1.29, 1.82) is 0 Å². The summed E-state index contributed by atoms with van der Waals surface area (Å²) >= 11 is 1.17. The van der Waals surface area contributed by atoms with Gasteiger partial charge in [-0.3, -0.25) is 14.9 Å². The van der Waals surface area contributed by atoms with Crippen LogP contribution in [0.15, 0.2) is 53.7 Å². The summed E-state index contributed by atoms with van der Waals surface area (Å²) in [6, 6.07) is 13.9. The smallest absolute Gasteiger partial charge is 0.292 e. The highest BCUT2D eigenvalue weighted by Crippen LogP contribution is 2.27. The number of nitrogens with zero attached hydrogens (tertiary/aromatic N) is 5. The van der Waals surface area contributed by atoms with Crippen molar-refractivity contribution in [2.45, 2.75) is 37.1 Å². The summed E-state index contributed by atoms with van der Waals surface area (Å²) in [5, 5.41) is 25.3. The number of rotatable bonds is 7. The van der Waals surface area contributed by atoms with E-state index in [9.17, 15) is 14.9 Å². The fourth-order valence-electron chi connectivity index (χ4n) is 2.60. The lowest BCUT2D eigenvalue weighted by molar-refractivity contribution is -0.383. The molecule has 1 heterocycles. The summed E-state index contributed by atoms with van der Waals surface area (Å²) in [6.45, 7) is 5.92. The predicted molar refractivity (Wildman–Crippen MR) is 110 cm³/mol. The van der Waals surface area contributed by atoms with Crippen molar-refractivity contribution >= 4 is 29.0 Å². The Kier molecular flexibility index (Phi) is 6.23. The molecule has 0 spiro atoms. The van der Waals surface area contributed by atoms with Crippen LogP contribution in [0.2, 0.25) is 0 Å². The number of tetrazole rings is 1. The third-order valence-electron chi connectivity index (χ3n) is 4.26. The molecule has 2 aromatic carbocycles. The average molecular weight is 412 g/mol. The zero-order valence-electron chi connectivity index (χ0n) is 16.1. The van der Waals surface area contributed by atoms with Crippen LogP contribution in [-0.2, 0) is 4.79 Å². The first kappa shape index (κ1) is 20.5. The van der Waals surface area contributed by atoms with Crippen LogP contribution < -0.4 is 5.32 Å². The van der Waals surface area contributed by atoms with Gasteiger partial charge < -0.3 is 5.32 Å². The second-order valence-corrected chi connectivity index (χ2v) is 7.95. The SMILES string of the molecule is CC(C)c1ccc(-n2nnnc2S[C@H](C)C(=O)Nc2ccccc2[N+](=O)[O-])cc1. The van der Waals surface area contributed by atoms with Gasteiger partial charge in [0.2, 0.25) is 11.1 Å². The van der Waals surface area contributed by atoms with Gasteiger partial charge in [0, 0.05) is 6.07 Å². The van der Waals surface area contributed by atoms with Gasteiger partial charge in [-0.2, -0.15) is 4.68 Å². The minimum Gasteiger partial charge on any atom is -0.319 e. The Balaban J connectivity index is 1.73. The Morgan fingerprint density at radius 2 is 1.83 bits per heavy atom. The predicted octanol–water partition coefficient (Wildman–Crippen LogP) is 3.81. The number of benzene rings is 2. The maximum Gasteiger partial charge on any atom is 0.292 e. The Bertz CT molecular complexity index is 1020. The maximum atomic E-state index is 12.5. The number of nitrogens with one attached hydrogen (secondary N) is 1. The molecule has 1 aromatic heterocycles. The van der Waals surface area contributed by atoms with Crippen molar-refractivity contribution in [2.24, 2.45) is 0 Å². The molecule has 0 bridgehead atoms. The number of para-hydroxylation sites is 2. The van der Waals surface area contributed by atoms with Crippen LogP contribution in [-0.4, -0.2) is 36.3 Å². The highest BCUT2D eigenvalue weighted by atomic mass is 32.2. The number of amides is 1. The number of carbonyl (C=O) groups excluding carboxylic acids is 1. The molecule has 1 atom stereocenters. The zero-order valence-corrected chi connectivity index (χ0v) is 17.0. The molecule has 0 aliphatic carbocycles. The Morgan fingerprint density at radius 3 is 2.48 bits per heavy atom. The number of aromatic nitrogens is 4. The normalized spacial score (nSPS) is 12.0. The number of nitro groups is 1. The van der Waals surface area contributed by atoms with Crippen LogP contribution in [0.25, 0.3) is 5.69 Å². The molecule has 0 unspecified atom stereocenters. The summed E-state index contributed by atoms with van der Waals surface area (Å²) in [5.74, 6) is 0.0338. The molecule has 0 aliphatic heterocycles. The molecular formula is C19H20N6O3S. The van der Waals surface area contributed by atoms with Gasteiger partial charge >= 0.3 is 0 Å². The largest absolute Gasteiger partial charge is 0.319 e. The topological polar surface area (TPSA) is 116 Å². The molecule has 0 fully saturated rings. The first-order valence-electron chi connectivity index (χ1n) is 8.96. The molecule has 9 nitrogen and oxygen atoms in total. The number of anilines is 1. The molecule has 0 radical (unpaired) electrons. The summed E-state index contributed by atoms with van der Waals surface area (Å²) in [4.78, 5) is 23.1. The minimum absolute atomic E-state index is 0.152. The molecule has 1 amide bonds. The summed E-state index contributed by atoms with van der Waals surface area (Å²) < 4.78 is 1.56. The van der Waals surface area contributed by atoms with E-state index in [-0.39, 0.29) is 17.3 Å². The lowest BCUT2D eigenvalue weighted by atomic mass is 10.0. The third-order valence-corrected chi connectivity index (χ3v) is 5.29. The molecular weight excluding hydrogens is 392 g/mol. The van der Waals surface area contributed by atoms with Crippen LogP contribution >= 0.6 is 11.8 Å². The van der Waals surface area contributed by atoms with E-state index in [4.69, 9.17) is 0 Å². The number of carbonyl (C=O) groups is 1. The number of hydrogen-bond acceptors (Lipinski definition) is 7. The van der Waals surface area contributed by atoms with Crippen LogP contribution in [0.5, 0.6) is 0 Å². The van der Waals surface area contributed by atoms with Crippen LogP contribution in [0, 0.1) is 10.1 Å². The first-order chi connectivity index (χ1) is 13.9. The van der Waals surface area contributed by atoms with Gasteiger partial charge in [-0.25, -0.2) is 0 Å². The summed E-state index contributed by atoms with van der Waals surface area (Å²) in [7, 11) is 0. The van der Waals surface area contributed by atoms with Crippen LogP contribution in [0.1, 0.15) is 32.3 Å². The summed E-state index contributed by atoms with van der Waals surface area (Å²) in [6.07, 6.45) is 0. The molecule has 150 valence electrons. The van der Waals surface area contributed by atoms with E-state index >= 15 is 0 Å². The van der Waals surface area contributed by atoms with Crippen molar-refractivity contribution in [3.8, 4) is 5.69 Å². The molecule has 0 aliphatic rings. The van der Waals surface area contributed by atoms with E-state index < -0.39 is 10.2 Å². The number of thioether (sulfide) groups is 1. The highest BCUT2D eigenvalue weighted by Gasteiger charge is 2.22. The molecule has 0 saturated heterocycles. The highest BCUT2D eigenvalue weighted by molar-refractivity contribution is 8.00. The first-order valence-corrected chi connectivity index (χ1v) is 9.84. The van der Waals surface area contributed by atoms with E-state index in [0.717, 1.165) is 5.69 Å². The Labute approximate surface area is 171 Å². The van der Waals surface area contributed by atoms with Gasteiger partial charge in [-0.05, 0) is 47.0 Å². The Morgan fingerprint density at radius 1 is 1.14 bits per heavy atom. The van der Waals surface area contributed by atoms with Crippen molar-refractivity contribution in [3.63, 3.8) is 0 Å². The molecule has 10 heteroatoms. The molecule has 0 saturated carbocycles. The van der Waals surface area contributed by atoms with Crippen LogP contribution in [0.4, 0.5) is 11.4 Å². The Hall–Kier alpha value is -3.27. The van der Waals surface area contributed by atoms with Crippen molar-refractivity contribution in [1.82, 2.24) is 20.2 Å². The maximum absolute atomic E-state index is 12.5. The molecule has 29 heavy (non-hydrogen) atoms. The molecule has 1 N–H and O–H groups in total. The van der Waals surface area contributed by atoms with E-state index in [1.165, 1.54) is 29.5 Å².